The molecule has 1 saturated heterocycles. The van der Waals surface area contributed by atoms with E-state index in [9.17, 15) is 0 Å². The molecule has 8 nitrogen and oxygen atoms in total. The lowest BCUT2D eigenvalue weighted by Crippen LogP contribution is -2.38. The van der Waals surface area contributed by atoms with Gasteiger partial charge in [0.05, 0.1) is 13.7 Å². The standard InChI is InChI=1S/C11H20N6O2/c1-18-7-8-4-3-5-17(6-8)10-13-9(16-12)14-11(15-10)19-2/h8H,3-7,12H2,1-2H3,(H,13,14,15,16). The van der Waals surface area contributed by atoms with E-state index in [0.717, 1.165) is 32.5 Å². The van der Waals surface area contributed by atoms with Gasteiger partial charge in [0.1, 0.15) is 0 Å². The summed E-state index contributed by atoms with van der Waals surface area (Å²) in [4.78, 5) is 14.6. The average Bonchev–Trinajstić information content (AvgIpc) is 2.47. The zero-order valence-corrected chi connectivity index (χ0v) is 11.3. The molecule has 19 heavy (non-hydrogen) atoms. The number of methoxy groups -OCH3 is 2. The van der Waals surface area contributed by atoms with Gasteiger partial charge in [0.25, 0.3) is 0 Å². The Labute approximate surface area is 112 Å². The smallest absolute Gasteiger partial charge is 0.322 e. The number of hydrogen-bond acceptors (Lipinski definition) is 8. The molecule has 1 aromatic rings. The number of nitrogens with one attached hydrogen (secondary N) is 1. The number of nitrogens with zero attached hydrogens (tertiary/aromatic N) is 4. The molecular formula is C11H20N6O2. The van der Waals surface area contributed by atoms with E-state index in [1.165, 1.54) is 7.11 Å². The summed E-state index contributed by atoms with van der Waals surface area (Å²) in [6, 6.07) is 0.256. The first kappa shape index (κ1) is 13.8. The topological polar surface area (TPSA) is 98.4 Å². The molecule has 2 rings (SSSR count). The Morgan fingerprint density at radius 2 is 2.21 bits per heavy atom. The number of nitrogens with two attached hydrogens (primary N) is 1. The van der Waals surface area contributed by atoms with Crippen LogP contribution in [-0.2, 0) is 4.74 Å². The first-order valence-corrected chi connectivity index (χ1v) is 6.27. The Morgan fingerprint density at radius 3 is 2.89 bits per heavy atom. The highest BCUT2D eigenvalue weighted by Gasteiger charge is 2.22. The predicted octanol–water partition coefficient (Wildman–Crippen LogP) is 0.0286. The molecule has 0 aromatic carbocycles. The second-order valence-electron chi connectivity index (χ2n) is 4.50. The van der Waals surface area contributed by atoms with E-state index in [1.807, 2.05) is 0 Å². The summed E-state index contributed by atoms with van der Waals surface area (Å²) < 4.78 is 10.3. The molecule has 1 aromatic heterocycles. The van der Waals surface area contributed by atoms with Crippen LogP contribution >= 0.6 is 0 Å². The molecular weight excluding hydrogens is 248 g/mol. The number of aromatic nitrogens is 3. The molecule has 1 unspecified atom stereocenters. The fraction of sp³-hybridized carbons (Fsp3) is 0.727. The van der Waals surface area contributed by atoms with Gasteiger partial charge in [0.2, 0.25) is 11.9 Å². The highest BCUT2D eigenvalue weighted by molar-refractivity contribution is 5.38. The molecule has 1 fully saturated rings. The van der Waals surface area contributed by atoms with Gasteiger partial charge in [0, 0.05) is 20.2 Å². The van der Waals surface area contributed by atoms with Gasteiger partial charge in [0.15, 0.2) is 0 Å². The molecule has 2 heterocycles. The number of rotatable bonds is 5. The van der Waals surface area contributed by atoms with E-state index in [0.29, 0.717) is 17.8 Å². The molecule has 0 bridgehead atoms. The molecule has 0 amide bonds. The summed E-state index contributed by atoms with van der Waals surface area (Å²) in [6.07, 6.45) is 2.25. The van der Waals surface area contributed by atoms with Crippen LogP contribution in [0.1, 0.15) is 12.8 Å². The quantitative estimate of drug-likeness (QED) is 0.570. The normalized spacial score (nSPS) is 19.3. The van der Waals surface area contributed by atoms with Gasteiger partial charge in [-0.05, 0) is 18.8 Å². The maximum absolute atomic E-state index is 5.35. The molecule has 1 atom stereocenters. The van der Waals surface area contributed by atoms with Crippen molar-refractivity contribution in [3.8, 4) is 6.01 Å². The summed E-state index contributed by atoms with van der Waals surface area (Å²) in [6.45, 7) is 2.53. The van der Waals surface area contributed by atoms with Crippen LogP contribution in [-0.4, -0.2) is 48.9 Å². The molecule has 8 heteroatoms. The van der Waals surface area contributed by atoms with E-state index in [-0.39, 0.29) is 6.01 Å². The fourth-order valence-electron chi connectivity index (χ4n) is 2.26. The minimum absolute atomic E-state index is 0.256. The van der Waals surface area contributed by atoms with Gasteiger partial charge in [-0.15, -0.1) is 0 Å². The largest absolute Gasteiger partial charge is 0.467 e. The highest BCUT2D eigenvalue weighted by Crippen LogP contribution is 2.22. The summed E-state index contributed by atoms with van der Waals surface area (Å²) in [5.74, 6) is 6.73. The molecule has 1 aliphatic heterocycles. The SMILES string of the molecule is COCC1CCCN(c2nc(NN)nc(OC)n2)C1. The summed E-state index contributed by atoms with van der Waals surface area (Å²) >= 11 is 0. The third kappa shape index (κ3) is 3.42. The van der Waals surface area contributed by atoms with Crippen molar-refractivity contribution >= 4 is 11.9 Å². The van der Waals surface area contributed by atoms with Gasteiger partial charge in [-0.3, -0.25) is 5.43 Å². The van der Waals surface area contributed by atoms with Crippen molar-refractivity contribution in [1.29, 1.82) is 0 Å². The number of hydrogen-bond donors (Lipinski definition) is 2. The lowest BCUT2D eigenvalue weighted by molar-refractivity contribution is 0.143. The lowest BCUT2D eigenvalue weighted by Gasteiger charge is -2.32. The first-order chi connectivity index (χ1) is 9.26. The minimum Gasteiger partial charge on any atom is -0.467 e. The summed E-state index contributed by atoms with van der Waals surface area (Å²) in [5.41, 5.74) is 2.42. The Bertz CT molecular complexity index is 392. The van der Waals surface area contributed by atoms with Gasteiger partial charge in [-0.2, -0.15) is 15.0 Å². The van der Waals surface area contributed by atoms with Crippen molar-refractivity contribution in [3.63, 3.8) is 0 Å². The maximum Gasteiger partial charge on any atom is 0.322 e. The van der Waals surface area contributed by atoms with E-state index < -0.39 is 0 Å². The van der Waals surface area contributed by atoms with Crippen molar-refractivity contribution in [2.45, 2.75) is 12.8 Å². The summed E-state index contributed by atoms with van der Waals surface area (Å²) in [7, 11) is 3.24. The van der Waals surface area contributed by atoms with Crippen LogP contribution in [0, 0.1) is 5.92 Å². The second kappa shape index (κ2) is 6.48. The molecule has 0 spiro atoms. The Balaban J connectivity index is 2.15. The molecule has 3 N–H and O–H groups in total. The van der Waals surface area contributed by atoms with E-state index in [4.69, 9.17) is 15.3 Å². The first-order valence-electron chi connectivity index (χ1n) is 6.27. The molecule has 0 aliphatic carbocycles. The van der Waals surface area contributed by atoms with Gasteiger partial charge >= 0.3 is 6.01 Å². The molecule has 0 saturated carbocycles. The number of nitrogen functional groups attached to an aromatic ring is 1. The second-order valence-corrected chi connectivity index (χ2v) is 4.50. The Morgan fingerprint density at radius 1 is 1.37 bits per heavy atom. The van der Waals surface area contributed by atoms with Gasteiger partial charge < -0.3 is 14.4 Å². The average molecular weight is 268 g/mol. The van der Waals surface area contributed by atoms with Crippen molar-refractivity contribution in [2.75, 3.05) is 44.2 Å². The van der Waals surface area contributed by atoms with E-state index in [2.05, 4.69) is 25.3 Å². The van der Waals surface area contributed by atoms with Crippen molar-refractivity contribution in [3.05, 3.63) is 0 Å². The predicted molar refractivity (Wildman–Crippen MR) is 71.0 cm³/mol. The van der Waals surface area contributed by atoms with E-state index in [1.54, 1.807) is 7.11 Å². The zero-order chi connectivity index (χ0) is 13.7. The van der Waals surface area contributed by atoms with Gasteiger partial charge in [-0.25, -0.2) is 5.84 Å². The monoisotopic (exact) mass is 268 g/mol. The number of anilines is 2. The van der Waals surface area contributed by atoms with Crippen molar-refractivity contribution in [2.24, 2.45) is 11.8 Å². The fourth-order valence-corrected chi connectivity index (χ4v) is 2.26. The lowest BCUT2D eigenvalue weighted by atomic mass is 9.99. The van der Waals surface area contributed by atoms with Crippen LogP contribution in [0.2, 0.25) is 0 Å². The summed E-state index contributed by atoms with van der Waals surface area (Å²) in [5, 5.41) is 0. The van der Waals surface area contributed by atoms with Crippen LogP contribution in [0.3, 0.4) is 0 Å². The number of piperidine rings is 1. The van der Waals surface area contributed by atoms with Crippen LogP contribution in [0.25, 0.3) is 0 Å². The van der Waals surface area contributed by atoms with Crippen LogP contribution in [0.4, 0.5) is 11.9 Å². The third-order valence-corrected chi connectivity index (χ3v) is 3.12. The zero-order valence-electron chi connectivity index (χ0n) is 11.3. The number of ether oxygens (including phenoxy) is 2. The van der Waals surface area contributed by atoms with E-state index >= 15 is 0 Å². The van der Waals surface area contributed by atoms with Crippen molar-refractivity contribution in [1.82, 2.24) is 15.0 Å². The minimum atomic E-state index is 0.256. The van der Waals surface area contributed by atoms with Crippen molar-refractivity contribution < 1.29 is 9.47 Å². The highest BCUT2D eigenvalue weighted by atomic mass is 16.5. The third-order valence-electron chi connectivity index (χ3n) is 3.12. The van der Waals surface area contributed by atoms with Crippen LogP contribution in [0.5, 0.6) is 6.01 Å². The maximum atomic E-state index is 5.35. The molecule has 106 valence electrons. The number of hydrazine groups is 1. The molecule has 1 aliphatic rings. The van der Waals surface area contributed by atoms with Crippen LogP contribution < -0.4 is 20.9 Å². The van der Waals surface area contributed by atoms with Gasteiger partial charge in [-0.1, -0.05) is 0 Å². The molecule has 0 radical (unpaired) electrons. The Kier molecular flexibility index (Phi) is 4.69. The Hall–Kier alpha value is -1.67. The van der Waals surface area contributed by atoms with Crippen LogP contribution in [0.15, 0.2) is 0 Å².